The molecule has 1 fully saturated rings. The van der Waals surface area contributed by atoms with Gasteiger partial charge in [0.1, 0.15) is 6.10 Å². The van der Waals surface area contributed by atoms with Crippen LogP contribution in [0.5, 0.6) is 5.88 Å². The van der Waals surface area contributed by atoms with Crippen molar-refractivity contribution in [3.8, 4) is 5.88 Å². The van der Waals surface area contributed by atoms with Crippen molar-refractivity contribution in [1.82, 2.24) is 15.1 Å². The zero-order chi connectivity index (χ0) is 18.7. The lowest BCUT2D eigenvalue weighted by Gasteiger charge is -2.18. The Balaban J connectivity index is 1.54. The second-order valence-electron chi connectivity index (χ2n) is 6.16. The Hall–Kier alpha value is -2.25. The van der Waals surface area contributed by atoms with E-state index in [1.54, 1.807) is 29.2 Å². The number of anilines is 2. The number of hydrogen-bond donors (Lipinski definition) is 1. The number of urea groups is 1. The van der Waals surface area contributed by atoms with Crippen LogP contribution in [-0.4, -0.2) is 54.4 Å². The number of likely N-dealkylation sites (tertiary alicyclic amines) is 1. The minimum absolute atomic E-state index is 0.117. The van der Waals surface area contributed by atoms with Gasteiger partial charge in [0.15, 0.2) is 5.82 Å². The maximum atomic E-state index is 12.4. The molecule has 1 atom stereocenters. The van der Waals surface area contributed by atoms with Crippen LogP contribution in [0.25, 0.3) is 0 Å². The third kappa shape index (κ3) is 4.47. The van der Waals surface area contributed by atoms with Crippen molar-refractivity contribution < 1.29 is 9.53 Å². The summed E-state index contributed by atoms with van der Waals surface area (Å²) in [5.74, 6) is 1.21. The maximum absolute atomic E-state index is 12.4. The van der Waals surface area contributed by atoms with E-state index in [1.807, 2.05) is 25.1 Å². The Labute approximate surface area is 161 Å². The molecule has 138 valence electrons. The molecular formula is C17H19Cl2N5O2. The average molecular weight is 396 g/mol. The van der Waals surface area contributed by atoms with Crippen LogP contribution in [-0.2, 0) is 0 Å². The summed E-state index contributed by atoms with van der Waals surface area (Å²) in [7, 11) is 3.79. The minimum atomic E-state index is -0.205. The molecule has 1 aromatic carbocycles. The van der Waals surface area contributed by atoms with Crippen LogP contribution in [0.15, 0.2) is 30.3 Å². The SMILES string of the molecule is CN(C)c1ccc(OC2CCN(C(=O)Nc3ccc(Cl)c(Cl)c3)C2)nn1. The van der Waals surface area contributed by atoms with Crippen molar-refractivity contribution in [2.75, 3.05) is 37.4 Å². The van der Waals surface area contributed by atoms with Crippen molar-refractivity contribution in [2.24, 2.45) is 0 Å². The molecule has 2 aromatic rings. The van der Waals surface area contributed by atoms with Crippen LogP contribution in [0.1, 0.15) is 6.42 Å². The number of aromatic nitrogens is 2. The third-order valence-electron chi connectivity index (χ3n) is 3.97. The van der Waals surface area contributed by atoms with Gasteiger partial charge in [0, 0.05) is 38.8 Å². The number of nitrogens with one attached hydrogen (secondary N) is 1. The Bertz CT molecular complexity index is 785. The normalized spacial score (nSPS) is 16.5. The van der Waals surface area contributed by atoms with Crippen LogP contribution >= 0.6 is 23.2 Å². The average Bonchev–Trinajstić information content (AvgIpc) is 3.07. The van der Waals surface area contributed by atoms with Gasteiger partial charge in [-0.2, -0.15) is 0 Å². The first kappa shape index (κ1) is 18.5. The van der Waals surface area contributed by atoms with Crippen molar-refractivity contribution >= 4 is 40.7 Å². The number of carbonyl (C=O) groups excluding carboxylic acids is 1. The van der Waals surface area contributed by atoms with Crippen LogP contribution in [0, 0.1) is 0 Å². The van der Waals surface area contributed by atoms with E-state index in [0.29, 0.717) is 34.7 Å². The van der Waals surface area contributed by atoms with Crippen LogP contribution in [0.4, 0.5) is 16.3 Å². The Morgan fingerprint density at radius 2 is 2.04 bits per heavy atom. The summed E-state index contributed by atoms with van der Waals surface area (Å²) >= 11 is 11.9. The first-order chi connectivity index (χ1) is 12.4. The zero-order valence-electron chi connectivity index (χ0n) is 14.4. The van der Waals surface area contributed by atoms with Crippen LogP contribution < -0.4 is 15.0 Å². The Morgan fingerprint density at radius 3 is 2.69 bits per heavy atom. The second kappa shape index (κ2) is 7.97. The molecule has 2 heterocycles. The molecule has 0 aliphatic carbocycles. The summed E-state index contributed by atoms with van der Waals surface area (Å²) in [5, 5.41) is 11.8. The molecule has 0 radical (unpaired) electrons. The van der Waals surface area contributed by atoms with Gasteiger partial charge >= 0.3 is 6.03 Å². The minimum Gasteiger partial charge on any atom is -0.471 e. The third-order valence-corrected chi connectivity index (χ3v) is 4.71. The number of amides is 2. The summed E-state index contributed by atoms with van der Waals surface area (Å²) in [5.41, 5.74) is 0.596. The summed E-state index contributed by atoms with van der Waals surface area (Å²) in [6, 6.07) is 8.38. The highest BCUT2D eigenvalue weighted by Crippen LogP contribution is 2.25. The first-order valence-electron chi connectivity index (χ1n) is 8.11. The molecule has 26 heavy (non-hydrogen) atoms. The van der Waals surface area contributed by atoms with Gasteiger partial charge in [-0.1, -0.05) is 23.2 Å². The van der Waals surface area contributed by atoms with Crippen molar-refractivity contribution in [2.45, 2.75) is 12.5 Å². The molecular weight excluding hydrogens is 377 g/mol. The molecule has 1 aromatic heterocycles. The number of halogens is 2. The Morgan fingerprint density at radius 1 is 1.23 bits per heavy atom. The molecule has 0 saturated carbocycles. The van der Waals surface area contributed by atoms with Gasteiger partial charge in [-0.3, -0.25) is 0 Å². The van der Waals surface area contributed by atoms with Gasteiger partial charge in [0.2, 0.25) is 5.88 Å². The lowest BCUT2D eigenvalue weighted by Crippen LogP contribution is -2.34. The zero-order valence-corrected chi connectivity index (χ0v) is 16.0. The fraction of sp³-hybridized carbons (Fsp3) is 0.353. The maximum Gasteiger partial charge on any atom is 0.321 e. The first-order valence-corrected chi connectivity index (χ1v) is 8.86. The van der Waals surface area contributed by atoms with Crippen LogP contribution in [0.2, 0.25) is 10.0 Å². The summed E-state index contributed by atoms with van der Waals surface area (Å²) in [6.07, 6.45) is 0.611. The molecule has 1 unspecified atom stereocenters. The van der Waals surface area contributed by atoms with E-state index in [-0.39, 0.29) is 12.1 Å². The van der Waals surface area contributed by atoms with Crippen LogP contribution in [0.3, 0.4) is 0 Å². The number of carbonyl (C=O) groups is 1. The number of hydrogen-bond acceptors (Lipinski definition) is 5. The number of ether oxygens (including phenoxy) is 1. The molecule has 1 aliphatic heterocycles. The van der Waals surface area contributed by atoms with E-state index in [0.717, 1.165) is 12.2 Å². The van der Waals surface area contributed by atoms with Gasteiger partial charge in [-0.25, -0.2) is 4.79 Å². The number of benzene rings is 1. The van der Waals surface area contributed by atoms with E-state index in [9.17, 15) is 4.79 Å². The highest BCUT2D eigenvalue weighted by Gasteiger charge is 2.28. The van der Waals surface area contributed by atoms with Gasteiger partial charge in [-0.15, -0.1) is 10.2 Å². The second-order valence-corrected chi connectivity index (χ2v) is 6.97. The lowest BCUT2D eigenvalue weighted by atomic mass is 10.3. The highest BCUT2D eigenvalue weighted by molar-refractivity contribution is 6.42. The molecule has 3 rings (SSSR count). The summed E-state index contributed by atoms with van der Waals surface area (Å²) in [6.45, 7) is 1.07. The van der Waals surface area contributed by atoms with E-state index in [1.165, 1.54) is 0 Å². The van der Waals surface area contributed by atoms with Gasteiger partial charge in [-0.05, 0) is 24.3 Å². The predicted octanol–water partition coefficient (Wildman–Crippen LogP) is 3.53. The topological polar surface area (TPSA) is 70.6 Å². The van der Waals surface area contributed by atoms with Crippen molar-refractivity contribution in [3.05, 3.63) is 40.4 Å². The van der Waals surface area contributed by atoms with Gasteiger partial charge in [0.25, 0.3) is 0 Å². The fourth-order valence-corrected chi connectivity index (χ4v) is 2.87. The summed E-state index contributed by atoms with van der Waals surface area (Å²) in [4.78, 5) is 15.9. The van der Waals surface area contributed by atoms with Gasteiger partial charge < -0.3 is 19.9 Å². The molecule has 0 bridgehead atoms. The van der Waals surface area contributed by atoms with Crippen molar-refractivity contribution in [3.63, 3.8) is 0 Å². The van der Waals surface area contributed by atoms with E-state index in [4.69, 9.17) is 27.9 Å². The van der Waals surface area contributed by atoms with E-state index < -0.39 is 0 Å². The molecule has 9 heteroatoms. The number of nitrogens with zero attached hydrogens (tertiary/aromatic N) is 4. The molecule has 1 saturated heterocycles. The molecule has 0 spiro atoms. The molecule has 1 N–H and O–H groups in total. The highest BCUT2D eigenvalue weighted by atomic mass is 35.5. The van der Waals surface area contributed by atoms with Gasteiger partial charge in [0.05, 0.1) is 16.6 Å². The monoisotopic (exact) mass is 395 g/mol. The molecule has 2 amide bonds. The number of rotatable bonds is 4. The van der Waals surface area contributed by atoms with E-state index in [2.05, 4.69) is 15.5 Å². The quantitative estimate of drug-likeness (QED) is 0.856. The smallest absolute Gasteiger partial charge is 0.321 e. The summed E-state index contributed by atoms with van der Waals surface area (Å²) < 4.78 is 5.82. The molecule has 1 aliphatic rings. The Kier molecular flexibility index (Phi) is 5.68. The fourth-order valence-electron chi connectivity index (χ4n) is 2.57. The van der Waals surface area contributed by atoms with Crippen molar-refractivity contribution in [1.29, 1.82) is 0 Å². The predicted molar refractivity (Wildman–Crippen MR) is 102 cm³/mol. The lowest BCUT2D eigenvalue weighted by molar-refractivity contribution is 0.188. The standard InChI is InChI=1S/C17H19Cl2N5O2/c1-23(2)15-5-6-16(22-21-15)26-12-7-8-24(10-12)17(25)20-11-3-4-13(18)14(19)9-11/h3-6,9,12H,7-8,10H2,1-2H3,(H,20,25). The largest absolute Gasteiger partial charge is 0.471 e. The molecule has 7 nitrogen and oxygen atoms in total. The van der Waals surface area contributed by atoms with E-state index >= 15 is 0 Å².